The van der Waals surface area contributed by atoms with Crippen LogP contribution in [0.5, 0.6) is 11.5 Å². The SMILES string of the molecule is [C-]#[N+]c1ccc(Oc2ccc(CN3CCC(c4cc5c(cc4F)C(=O)N(C4CCC(=O)NC4=O)C5)CC3)cc2)c(F)c1. The summed E-state index contributed by atoms with van der Waals surface area (Å²) in [5, 5.41) is 2.29. The molecule has 0 radical (unpaired) electrons. The third-order valence-corrected chi connectivity index (χ3v) is 8.27. The molecule has 1 N–H and O–H groups in total. The molecule has 8 nitrogen and oxygen atoms in total. The lowest BCUT2D eigenvalue weighted by molar-refractivity contribution is -0.136. The number of carbonyl (C=O) groups excluding carboxylic acids is 3. The number of ether oxygens (including phenoxy) is 1. The van der Waals surface area contributed by atoms with E-state index in [0.717, 1.165) is 37.6 Å². The summed E-state index contributed by atoms with van der Waals surface area (Å²) in [4.78, 5) is 43.8. The molecule has 1 atom stereocenters. The van der Waals surface area contributed by atoms with Crippen LogP contribution in [0.1, 0.15) is 58.6 Å². The molecule has 0 bridgehead atoms. The van der Waals surface area contributed by atoms with Crippen molar-refractivity contribution in [2.24, 2.45) is 0 Å². The topological polar surface area (TPSA) is 83.3 Å². The van der Waals surface area contributed by atoms with E-state index >= 15 is 4.39 Å². The Labute approximate surface area is 241 Å². The lowest BCUT2D eigenvalue weighted by Crippen LogP contribution is -2.52. The van der Waals surface area contributed by atoms with Crippen LogP contribution in [0.2, 0.25) is 0 Å². The first-order valence-electron chi connectivity index (χ1n) is 13.9. The maximum Gasteiger partial charge on any atom is 0.255 e. The maximum absolute atomic E-state index is 15.2. The van der Waals surface area contributed by atoms with Crippen molar-refractivity contribution >= 4 is 23.4 Å². The van der Waals surface area contributed by atoms with Gasteiger partial charge in [-0.2, -0.15) is 0 Å². The average molecular weight is 571 g/mol. The smallest absolute Gasteiger partial charge is 0.255 e. The Morgan fingerprint density at radius 3 is 2.40 bits per heavy atom. The van der Waals surface area contributed by atoms with Gasteiger partial charge in [-0.25, -0.2) is 13.6 Å². The Hall–Kier alpha value is -4.62. The molecule has 3 heterocycles. The summed E-state index contributed by atoms with van der Waals surface area (Å²) in [5.41, 5.74) is 2.89. The van der Waals surface area contributed by atoms with E-state index in [1.807, 2.05) is 12.1 Å². The van der Waals surface area contributed by atoms with Crippen molar-refractivity contribution in [3.8, 4) is 11.5 Å². The second-order valence-corrected chi connectivity index (χ2v) is 11.0. The van der Waals surface area contributed by atoms with Gasteiger partial charge < -0.3 is 9.64 Å². The van der Waals surface area contributed by atoms with E-state index in [1.54, 1.807) is 18.2 Å². The predicted octanol–water partition coefficient (Wildman–Crippen LogP) is 5.45. The molecule has 3 aliphatic rings. The number of nitrogens with one attached hydrogen (secondary N) is 1. The highest BCUT2D eigenvalue weighted by Crippen LogP contribution is 2.36. The molecule has 0 spiro atoms. The van der Waals surface area contributed by atoms with Gasteiger partial charge in [0.05, 0.1) is 6.57 Å². The number of likely N-dealkylation sites (tertiary alicyclic amines) is 1. The molecule has 3 aromatic carbocycles. The summed E-state index contributed by atoms with van der Waals surface area (Å²) < 4.78 is 35.0. The zero-order valence-corrected chi connectivity index (χ0v) is 22.7. The van der Waals surface area contributed by atoms with Gasteiger partial charge in [0.15, 0.2) is 17.3 Å². The predicted molar refractivity (Wildman–Crippen MR) is 149 cm³/mol. The largest absolute Gasteiger partial charge is 0.454 e. The Kier molecular flexibility index (Phi) is 7.43. The number of imide groups is 1. The van der Waals surface area contributed by atoms with Gasteiger partial charge in [-0.3, -0.25) is 24.6 Å². The molecule has 3 amide bonds. The van der Waals surface area contributed by atoms with Crippen LogP contribution < -0.4 is 10.1 Å². The number of piperidine rings is 2. The minimum Gasteiger partial charge on any atom is -0.454 e. The third-order valence-electron chi connectivity index (χ3n) is 8.27. The van der Waals surface area contributed by atoms with Gasteiger partial charge in [-0.15, -0.1) is 0 Å². The van der Waals surface area contributed by atoms with Crippen LogP contribution in [0.3, 0.4) is 0 Å². The van der Waals surface area contributed by atoms with E-state index in [2.05, 4.69) is 15.1 Å². The molecular formula is C32H28F2N4O4. The van der Waals surface area contributed by atoms with E-state index in [0.29, 0.717) is 23.4 Å². The minimum atomic E-state index is -0.726. The first-order chi connectivity index (χ1) is 20.3. The van der Waals surface area contributed by atoms with Crippen LogP contribution in [-0.2, 0) is 22.7 Å². The maximum atomic E-state index is 15.2. The number of fused-ring (bicyclic) bond motifs is 1. The molecule has 10 heteroatoms. The van der Waals surface area contributed by atoms with Crippen molar-refractivity contribution < 1.29 is 27.9 Å². The fourth-order valence-corrected chi connectivity index (χ4v) is 6.01. The quantitative estimate of drug-likeness (QED) is 0.315. The van der Waals surface area contributed by atoms with Gasteiger partial charge in [0.1, 0.15) is 17.6 Å². The number of nitrogens with zero attached hydrogens (tertiary/aromatic N) is 3. The first-order valence-corrected chi connectivity index (χ1v) is 13.9. The molecule has 2 saturated heterocycles. The van der Waals surface area contributed by atoms with E-state index in [1.165, 1.54) is 23.1 Å². The number of carbonyl (C=O) groups is 3. The van der Waals surface area contributed by atoms with Crippen molar-refractivity contribution in [2.75, 3.05) is 13.1 Å². The molecule has 0 saturated carbocycles. The van der Waals surface area contributed by atoms with Crippen molar-refractivity contribution in [1.82, 2.24) is 15.1 Å². The molecule has 1 unspecified atom stereocenters. The summed E-state index contributed by atoms with van der Waals surface area (Å²) in [7, 11) is 0. The normalized spacial score (nSPS) is 19.4. The molecule has 214 valence electrons. The van der Waals surface area contributed by atoms with Gasteiger partial charge in [-0.05, 0) is 85.3 Å². The summed E-state index contributed by atoms with van der Waals surface area (Å²) in [5.74, 6) is -1.62. The Balaban J connectivity index is 1.05. The highest BCUT2D eigenvalue weighted by atomic mass is 19.1. The molecule has 42 heavy (non-hydrogen) atoms. The average Bonchev–Trinajstić information content (AvgIpc) is 3.29. The minimum absolute atomic E-state index is 0.0196. The van der Waals surface area contributed by atoms with Crippen LogP contribution in [0.25, 0.3) is 4.85 Å². The van der Waals surface area contributed by atoms with Crippen LogP contribution in [0.15, 0.2) is 54.6 Å². The van der Waals surface area contributed by atoms with Crippen molar-refractivity contribution in [3.05, 3.63) is 99.9 Å². The molecule has 2 fully saturated rings. The summed E-state index contributed by atoms with van der Waals surface area (Å²) >= 11 is 0. The number of hydrogen-bond donors (Lipinski definition) is 1. The number of amides is 3. The van der Waals surface area contributed by atoms with Crippen molar-refractivity contribution in [3.63, 3.8) is 0 Å². The molecule has 3 aliphatic heterocycles. The van der Waals surface area contributed by atoms with Gasteiger partial charge in [0, 0.05) is 25.1 Å². The Morgan fingerprint density at radius 2 is 1.71 bits per heavy atom. The summed E-state index contributed by atoms with van der Waals surface area (Å²) in [6.45, 7) is 9.47. The fraction of sp³-hybridized carbons (Fsp3) is 0.312. The fourth-order valence-electron chi connectivity index (χ4n) is 6.01. The van der Waals surface area contributed by atoms with E-state index in [4.69, 9.17) is 11.3 Å². The monoisotopic (exact) mass is 570 g/mol. The standard InChI is InChI=1S/C32H28F2N4O4/c1-35-22-4-8-29(27(34)15-22)42-23-5-2-19(3-6-23)17-37-12-10-20(11-13-37)24-14-21-18-38(32(41)25(21)16-26(24)33)28-7-9-30(39)36-31(28)40/h2-6,8,14-16,20,28H,7,9-13,17-18H2,(H,36,39,40). The zero-order valence-electron chi connectivity index (χ0n) is 22.7. The van der Waals surface area contributed by atoms with Gasteiger partial charge in [0.25, 0.3) is 5.91 Å². The molecule has 6 rings (SSSR count). The second kappa shape index (κ2) is 11.3. The lowest BCUT2D eigenvalue weighted by atomic mass is 9.87. The molecule has 0 aliphatic carbocycles. The number of halogens is 2. The number of rotatable bonds is 6. The second-order valence-electron chi connectivity index (χ2n) is 11.0. The van der Waals surface area contributed by atoms with Crippen LogP contribution in [0.4, 0.5) is 14.5 Å². The number of benzene rings is 3. The van der Waals surface area contributed by atoms with Gasteiger partial charge >= 0.3 is 0 Å². The highest BCUT2D eigenvalue weighted by molar-refractivity contribution is 6.05. The zero-order chi connectivity index (χ0) is 29.4. The first kappa shape index (κ1) is 27.5. The van der Waals surface area contributed by atoms with Crippen LogP contribution >= 0.6 is 0 Å². The van der Waals surface area contributed by atoms with Crippen molar-refractivity contribution in [1.29, 1.82) is 0 Å². The van der Waals surface area contributed by atoms with Crippen molar-refractivity contribution in [2.45, 2.75) is 50.7 Å². The number of hydrogen-bond acceptors (Lipinski definition) is 5. The van der Waals surface area contributed by atoms with E-state index in [-0.39, 0.29) is 54.1 Å². The third kappa shape index (κ3) is 5.48. The lowest BCUT2D eigenvalue weighted by Gasteiger charge is -2.32. The molecule has 0 aromatic heterocycles. The summed E-state index contributed by atoms with van der Waals surface area (Å²) in [6, 6.07) is 13.9. The van der Waals surface area contributed by atoms with E-state index in [9.17, 15) is 18.8 Å². The van der Waals surface area contributed by atoms with Gasteiger partial charge in [0.2, 0.25) is 11.8 Å². The molecular weight excluding hydrogens is 542 g/mol. The highest BCUT2D eigenvalue weighted by Gasteiger charge is 2.40. The molecule has 3 aromatic rings. The Morgan fingerprint density at radius 1 is 0.952 bits per heavy atom. The Bertz CT molecular complexity index is 1610. The van der Waals surface area contributed by atoms with E-state index < -0.39 is 23.6 Å². The summed E-state index contributed by atoms with van der Waals surface area (Å²) in [6.07, 6.45) is 1.97. The van der Waals surface area contributed by atoms with Crippen LogP contribution in [-0.4, -0.2) is 46.7 Å². The van der Waals surface area contributed by atoms with Crippen LogP contribution in [0, 0.1) is 18.2 Å². The van der Waals surface area contributed by atoms with Gasteiger partial charge in [-0.1, -0.05) is 24.3 Å².